The summed E-state index contributed by atoms with van der Waals surface area (Å²) in [5.74, 6) is 0.640. The second-order valence-electron chi connectivity index (χ2n) is 7.09. The standard InChI is InChI=1S/C15H23N6O7P/c16-12-9-13(18-7-17-12)21(15(19-9)20-4-2-1-3-5-20)14-11(23)10(22)8(28-14)6-27-29(24,25)26/h7-8,10-11,14,22-23H,1-6H2,(H2,16,17,18)(H2,24,25,26)/t8-,10-,11-,14-/m1/s1. The molecule has 4 atom stereocenters. The zero-order chi connectivity index (χ0) is 20.8. The Bertz CT molecular complexity index is 929. The van der Waals surface area contributed by atoms with Crippen molar-refractivity contribution < 1.29 is 33.8 Å². The minimum atomic E-state index is -4.76. The minimum Gasteiger partial charge on any atom is -0.387 e. The summed E-state index contributed by atoms with van der Waals surface area (Å²) < 4.78 is 22.7. The molecule has 0 bridgehead atoms. The number of phosphoric acid groups is 1. The second kappa shape index (κ2) is 7.76. The monoisotopic (exact) mass is 430 g/mol. The number of nitrogens with zero attached hydrogens (tertiary/aromatic N) is 5. The fourth-order valence-electron chi connectivity index (χ4n) is 3.72. The summed E-state index contributed by atoms with van der Waals surface area (Å²) in [4.78, 5) is 32.6. The normalized spacial score (nSPS) is 28.3. The number of anilines is 2. The number of fused-ring (bicyclic) bond motifs is 1. The van der Waals surface area contributed by atoms with E-state index in [0.717, 1.165) is 32.4 Å². The Morgan fingerprint density at radius 2 is 1.93 bits per heavy atom. The van der Waals surface area contributed by atoms with Crippen LogP contribution in [-0.4, -0.2) is 77.5 Å². The fourth-order valence-corrected chi connectivity index (χ4v) is 4.06. The lowest BCUT2D eigenvalue weighted by Gasteiger charge is -2.30. The van der Waals surface area contributed by atoms with Crippen LogP contribution in [0.3, 0.4) is 0 Å². The van der Waals surface area contributed by atoms with E-state index < -0.39 is 39.0 Å². The molecular weight excluding hydrogens is 407 g/mol. The smallest absolute Gasteiger partial charge is 0.387 e. The van der Waals surface area contributed by atoms with Crippen molar-refractivity contribution in [3.8, 4) is 0 Å². The number of nitrogen functional groups attached to an aromatic ring is 1. The zero-order valence-electron chi connectivity index (χ0n) is 15.4. The third-order valence-corrected chi connectivity index (χ3v) is 5.61. The zero-order valence-corrected chi connectivity index (χ0v) is 16.3. The number of rotatable bonds is 5. The number of nitrogens with two attached hydrogens (primary N) is 1. The van der Waals surface area contributed by atoms with E-state index in [4.69, 9.17) is 20.3 Å². The lowest BCUT2D eigenvalue weighted by molar-refractivity contribution is -0.0497. The average Bonchev–Trinajstić information content (AvgIpc) is 3.20. The number of hydrogen-bond acceptors (Lipinski definition) is 10. The highest BCUT2D eigenvalue weighted by molar-refractivity contribution is 7.46. The Hall–Kier alpha value is -1.86. The Labute approximate surface area is 165 Å². The topological polar surface area (TPSA) is 189 Å². The van der Waals surface area contributed by atoms with Crippen LogP contribution in [0.4, 0.5) is 11.8 Å². The quantitative estimate of drug-likeness (QED) is 0.369. The number of aliphatic hydroxyl groups is 2. The molecule has 160 valence electrons. The molecule has 2 fully saturated rings. The maximum atomic E-state index is 11.0. The number of piperidine rings is 1. The van der Waals surface area contributed by atoms with E-state index in [-0.39, 0.29) is 5.82 Å². The van der Waals surface area contributed by atoms with Gasteiger partial charge in [0, 0.05) is 13.1 Å². The molecule has 2 aliphatic rings. The molecule has 2 saturated heterocycles. The Morgan fingerprint density at radius 1 is 1.21 bits per heavy atom. The number of aliphatic hydroxyl groups excluding tert-OH is 2. The number of aromatic nitrogens is 4. The van der Waals surface area contributed by atoms with Gasteiger partial charge in [0.2, 0.25) is 5.95 Å². The third-order valence-electron chi connectivity index (χ3n) is 5.12. The van der Waals surface area contributed by atoms with E-state index >= 15 is 0 Å². The third kappa shape index (κ3) is 3.94. The maximum absolute atomic E-state index is 11.0. The van der Waals surface area contributed by atoms with Crippen LogP contribution in [0.5, 0.6) is 0 Å². The average molecular weight is 430 g/mol. The molecule has 0 aliphatic carbocycles. The highest BCUT2D eigenvalue weighted by Crippen LogP contribution is 2.40. The van der Waals surface area contributed by atoms with Gasteiger partial charge >= 0.3 is 7.82 Å². The van der Waals surface area contributed by atoms with Crippen molar-refractivity contribution in [2.45, 2.75) is 43.8 Å². The first-order chi connectivity index (χ1) is 13.8. The van der Waals surface area contributed by atoms with Gasteiger partial charge < -0.3 is 35.4 Å². The van der Waals surface area contributed by atoms with Crippen LogP contribution >= 0.6 is 7.82 Å². The predicted octanol–water partition coefficient (Wildman–Crippen LogP) is -0.873. The van der Waals surface area contributed by atoms with E-state index in [9.17, 15) is 14.8 Å². The first-order valence-corrected chi connectivity index (χ1v) is 10.7. The molecule has 0 radical (unpaired) electrons. The lowest BCUT2D eigenvalue weighted by atomic mass is 10.1. The molecule has 2 aliphatic heterocycles. The molecule has 0 aromatic carbocycles. The van der Waals surface area contributed by atoms with Crippen LogP contribution in [0, 0.1) is 0 Å². The van der Waals surface area contributed by atoms with Gasteiger partial charge in [0.05, 0.1) is 6.61 Å². The molecule has 0 saturated carbocycles. The molecule has 29 heavy (non-hydrogen) atoms. The van der Waals surface area contributed by atoms with E-state index in [1.54, 1.807) is 4.57 Å². The van der Waals surface area contributed by atoms with Crippen LogP contribution in [-0.2, 0) is 13.8 Å². The molecule has 0 spiro atoms. The SMILES string of the molecule is Nc1ncnc2c1nc(N1CCCCC1)n2[C@@H]1O[C@H](COP(=O)(O)O)[C@@H](O)[C@H]1O. The summed E-state index contributed by atoms with van der Waals surface area (Å²) in [7, 11) is -4.76. The molecule has 4 heterocycles. The molecule has 2 aromatic heterocycles. The van der Waals surface area contributed by atoms with E-state index in [0.29, 0.717) is 17.1 Å². The molecule has 14 heteroatoms. The van der Waals surface area contributed by atoms with Crippen molar-refractivity contribution in [1.29, 1.82) is 0 Å². The van der Waals surface area contributed by atoms with Crippen molar-refractivity contribution >= 4 is 30.8 Å². The van der Waals surface area contributed by atoms with E-state index in [1.165, 1.54) is 6.33 Å². The predicted molar refractivity (Wildman–Crippen MR) is 99.7 cm³/mol. The molecule has 0 amide bonds. The van der Waals surface area contributed by atoms with Gasteiger partial charge in [-0.05, 0) is 19.3 Å². The maximum Gasteiger partial charge on any atom is 0.469 e. The Morgan fingerprint density at radius 3 is 2.62 bits per heavy atom. The first-order valence-electron chi connectivity index (χ1n) is 9.21. The van der Waals surface area contributed by atoms with Crippen LogP contribution in [0.2, 0.25) is 0 Å². The first kappa shape index (κ1) is 20.4. The van der Waals surface area contributed by atoms with Crippen molar-refractivity contribution in [2.24, 2.45) is 0 Å². The minimum absolute atomic E-state index is 0.168. The molecular formula is C15H23N6O7P. The number of phosphoric ester groups is 1. The fraction of sp³-hybridized carbons (Fsp3) is 0.667. The van der Waals surface area contributed by atoms with Crippen molar-refractivity contribution in [1.82, 2.24) is 19.5 Å². The lowest BCUT2D eigenvalue weighted by Crippen LogP contribution is -2.35. The Balaban J connectivity index is 1.72. The van der Waals surface area contributed by atoms with Gasteiger partial charge in [-0.3, -0.25) is 9.09 Å². The summed E-state index contributed by atoms with van der Waals surface area (Å²) in [5.41, 5.74) is 6.61. The van der Waals surface area contributed by atoms with Gasteiger partial charge in [0.1, 0.15) is 24.6 Å². The van der Waals surface area contributed by atoms with E-state index in [1.807, 2.05) is 4.90 Å². The summed E-state index contributed by atoms with van der Waals surface area (Å²) in [6.07, 6.45) is -0.793. The molecule has 2 aromatic rings. The summed E-state index contributed by atoms with van der Waals surface area (Å²) >= 11 is 0. The van der Waals surface area contributed by atoms with Gasteiger partial charge in [0.15, 0.2) is 23.2 Å². The summed E-state index contributed by atoms with van der Waals surface area (Å²) in [6.45, 7) is 0.890. The van der Waals surface area contributed by atoms with Gasteiger partial charge in [-0.25, -0.2) is 19.5 Å². The number of imidazole rings is 1. The number of hydrogen-bond donors (Lipinski definition) is 5. The number of ether oxygens (including phenoxy) is 1. The summed E-state index contributed by atoms with van der Waals surface area (Å²) in [6, 6.07) is 0. The molecule has 0 unspecified atom stereocenters. The molecule has 6 N–H and O–H groups in total. The van der Waals surface area contributed by atoms with Crippen molar-refractivity contribution in [3.05, 3.63) is 6.33 Å². The van der Waals surface area contributed by atoms with Gasteiger partial charge in [-0.2, -0.15) is 0 Å². The summed E-state index contributed by atoms with van der Waals surface area (Å²) in [5, 5.41) is 21.0. The molecule has 13 nitrogen and oxygen atoms in total. The largest absolute Gasteiger partial charge is 0.469 e. The van der Waals surface area contributed by atoms with Gasteiger partial charge in [0.25, 0.3) is 0 Å². The van der Waals surface area contributed by atoms with Crippen LogP contribution in [0.25, 0.3) is 11.2 Å². The van der Waals surface area contributed by atoms with E-state index in [2.05, 4.69) is 19.5 Å². The van der Waals surface area contributed by atoms with Gasteiger partial charge in [-0.15, -0.1) is 0 Å². The van der Waals surface area contributed by atoms with Crippen LogP contribution < -0.4 is 10.6 Å². The highest BCUT2D eigenvalue weighted by Gasteiger charge is 2.46. The Kier molecular flexibility index (Phi) is 5.46. The van der Waals surface area contributed by atoms with Crippen molar-refractivity contribution in [2.75, 3.05) is 30.3 Å². The van der Waals surface area contributed by atoms with Crippen molar-refractivity contribution in [3.63, 3.8) is 0 Å². The molecule has 4 rings (SSSR count). The van der Waals surface area contributed by atoms with Gasteiger partial charge in [-0.1, -0.05) is 0 Å². The van der Waals surface area contributed by atoms with Crippen LogP contribution in [0.15, 0.2) is 6.33 Å². The highest BCUT2D eigenvalue weighted by atomic mass is 31.2. The second-order valence-corrected chi connectivity index (χ2v) is 8.33. The van der Waals surface area contributed by atoms with Crippen LogP contribution in [0.1, 0.15) is 25.5 Å².